The molecule has 0 spiro atoms. The minimum Gasteiger partial charge on any atom is -0.454 e. The van der Waals surface area contributed by atoms with Crippen LogP contribution in [0.5, 0.6) is 23.0 Å². The van der Waals surface area contributed by atoms with Crippen LogP contribution in [-0.2, 0) is 9.13 Å². The summed E-state index contributed by atoms with van der Waals surface area (Å²) < 4.78 is 58.4. The second-order valence-corrected chi connectivity index (χ2v) is 20.5. The van der Waals surface area contributed by atoms with E-state index < -0.39 is 14.3 Å². The highest BCUT2D eigenvalue weighted by molar-refractivity contribution is 7.86. The van der Waals surface area contributed by atoms with Crippen molar-refractivity contribution in [3.05, 3.63) is 142 Å². The summed E-state index contributed by atoms with van der Waals surface area (Å²) in [5, 5.41) is 3.87. The van der Waals surface area contributed by atoms with E-state index in [1.807, 2.05) is 128 Å². The molecule has 0 unspecified atom stereocenters. The molecule has 0 saturated heterocycles. The number of benzene rings is 6. The molecule has 2 aliphatic rings. The molecular weight excluding hydrogens is 710 g/mol. The third-order valence-electron chi connectivity index (χ3n) is 10.2. The molecule has 8 heteroatoms. The topological polar surface area (TPSA) is 71.1 Å². The van der Waals surface area contributed by atoms with Gasteiger partial charge in [-0.25, -0.2) is 0 Å². The first-order valence-corrected chi connectivity index (χ1v) is 21.6. The average Bonchev–Trinajstić information content (AvgIpc) is 3.79. The number of aryl methyl sites for hydroxylation is 8. The average molecular weight is 755 g/mol. The second kappa shape index (κ2) is 13.4. The molecular formula is C46H44O6P2. The lowest BCUT2D eigenvalue weighted by molar-refractivity contribution is 0.173. The van der Waals surface area contributed by atoms with E-state index >= 15 is 9.13 Å². The van der Waals surface area contributed by atoms with Gasteiger partial charge >= 0.3 is 0 Å². The summed E-state index contributed by atoms with van der Waals surface area (Å²) in [6.45, 7) is 16.2. The van der Waals surface area contributed by atoms with Gasteiger partial charge < -0.3 is 28.1 Å². The monoisotopic (exact) mass is 754 g/mol. The van der Waals surface area contributed by atoms with E-state index in [4.69, 9.17) is 18.9 Å². The van der Waals surface area contributed by atoms with E-state index in [0.29, 0.717) is 66.0 Å². The molecule has 0 bridgehead atoms. The quantitative estimate of drug-likeness (QED) is 0.152. The third-order valence-corrected chi connectivity index (χ3v) is 16.3. The van der Waals surface area contributed by atoms with Gasteiger partial charge in [0.15, 0.2) is 37.3 Å². The van der Waals surface area contributed by atoms with Gasteiger partial charge in [-0.05, 0) is 128 Å². The normalized spacial score (nSPS) is 13.4. The summed E-state index contributed by atoms with van der Waals surface area (Å²) >= 11 is 0. The zero-order valence-corrected chi connectivity index (χ0v) is 33.8. The molecule has 2 heterocycles. The lowest BCUT2D eigenvalue weighted by atomic mass is 10.0. The molecule has 6 aromatic rings. The lowest BCUT2D eigenvalue weighted by Crippen LogP contribution is -2.31. The summed E-state index contributed by atoms with van der Waals surface area (Å²) in [6.07, 6.45) is 0. The standard InChI is InChI=1S/C46H44O6P2/c1-27-13-28(2)18-35(17-27)53(47,36-19-29(3)14-30(4)20-36)41-11-9-39-45(51-25-49-39)43(41)44-42(12-10-40-46(44)52-26-50-40)54(48,37-21-31(5)15-32(6)22-37)38-23-33(7)16-34(8)24-38/h9-24H,25-26H2,1-8H3. The van der Waals surface area contributed by atoms with E-state index in [1.54, 1.807) is 0 Å². The smallest absolute Gasteiger partial charge is 0.231 e. The van der Waals surface area contributed by atoms with Gasteiger partial charge in [0, 0.05) is 43.0 Å². The van der Waals surface area contributed by atoms with Crippen LogP contribution in [0.2, 0.25) is 0 Å². The largest absolute Gasteiger partial charge is 0.454 e. The molecule has 0 atom stereocenters. The summed E-state index contributed by atoms with van der Waals surface area (Å²) in [5.74, 6) is 1.88. The number of hydrogen-bond acceptors (Lipinski definition) is 6. The van der Waals surface area contributed by atoms with Crippen LogP contribution in [0.4, 0.5) is 0 Å². The van der Waals surface area contributed by atoms with E-state index in [-0.39, 0.29) is 13.6 Å². The van der Waals surface area contributed by atoms with Crippen molar-refractivity contribution in [2.45, 2.75) is 55.4 Å². The van der Waals surface area contributed by atoms with E-state index in [2.05, 4.69) is 24.3 Å². The van der Waals surface area contributed by atoms with E-state index in [0.717, 1.165) is 44.5 Å². The van der Waals surface area contributed by atoms with Gasteiger partial charge in [-0.1, -0.05) is 68.8 Å². The predicted octanol–water partition coefficient (Wildman–Crippen LogP) is 8.56. The van der Waals surface area contributed by atoms with Crippen LogP contribution in [0.15, 0.2) is 97.1 Å². The lowest BCUT2D eigenvalue weighted by Gasteiger charge is -2.28. The maximum Gasteiger partial charge on any atom is 0.231 e. The summed E-state index contributed by atoms with van der Waals surface area (Å²) in [4.78, 5) is 0. The van der Waals surface area contributed by atoms with Crippen LogP contribution in [0, 0.1) is 55.4 Å². The maximum atomic E-state index is 16.8. The summed E-state index contributed by atoms with van der Waals surface area (Å²) in [7, 11) is -7.43. The molecule has 2 aliphatic heterocycles. The first kappa shape index (κ1) is 36.0. The SMILES string of the molecule is Cc1cc(C)cc(P(=O)(c2cc(C)cc(C)c2)c2ccc3c(c2-c2c(P(=O)(c4cc(C)cc(C)c4)c4cc(C)cc(C)c4)ccc4c2OCO4)OCO3)c1. The number of fused-ring (bicyclic) bond motifs is 2. The second-order valence-electron chi connectivity index (χ2n) is 15.0. The highest BCUT2D eigenvalue weighted by Crippen LogP contribution is 2.57. The van der Waals surface area contributed by atoms with Crippen LogP contribution in [-0.4, -0.2) is 13.6 Å². The molecule has 0 amide bonds. The molecule has 0 saturated carbocycles. The van der Waals surface area contributed by atoms with Crippen LogP contribution in [0.25, 0.3) is 11.1 Å². The van der Waals surface area contributed by atoms with Crippen LogP contribution in [0.1, 0.15) is 44.5 Å². The number of ether oxygens (including phenoxy) is 4. The van der Waals surface area contributed by atoms with Crippen molar-refractivity contribution < 1.29 is 28.1 Å². The van der Waals surface area contributed by atoms with E-state index in [9.17, 15) is 0 Å². The van der Waals surface area contributed by atoms with Crippen molar-refractivity contribution in [2.75, 3.05) is 13.6 Å². The van der Waals surface area contributed by atoms with Gasteiger partial charge in [-0.3, -0.25) is 0 Å². The Morgan fingerprint density at radius 3 is 0.889 bits per heavy atom. The predicted molar refractivity (Wildman–Crippen MR) is 221 cm³/mol. The van der Waals surface area contributed by atoms with Crippen molar-refractivity contribution in [3.8, 4) is 34.1 Å². The Bertz CT molecular complexity index is 2250. The Labute approximate surface area is 317 Å². The zero-order valence-electron chi connectivity index (χ0n) is 32.0. The van der Waals surface area contributed by atoms with Gasteiger partial charge in [-0.2, -0.15) is 0 Å². The minimum atomic E-state index is -3.71. The molecule has 0 aliphatic carbocycles. The molecule has 8 rings (SSSR count). The van der Waals surface area contributed by atoms with Crippen LogP contribution < -0.4 is 50.8 Å². The molecule has 6 nitrogen and oxygen atoms in total. The summed E-state index contributed by atoms with van der Waals surface area (Å²) in [5.41, 5.74) is 9.08. The zero-order chi connectivity index (χ0) is 38.1. The molecule has 0 N–H and O–H groups in total. The summed E-state index contributed by atoms with van der Waals surface area (Å²) in [6, 6.07) is 32.0. The van der Waals surface area contributed by atoms with Crippen molar-refractivity contribution in [1.29, 1.82) is 0 Å². The maximum absolute atomic E-state index is 16.8. The van der Waals surface area contributed by atoms with Crippen molar-refractivity contribution in [2.24, 2.45) is 0 Å². The highest BCUT2D eigenvalue weighted by Gasteiger charge is 2.43. The molecule has 274 valence electrons. The van der Waals surface area contributed by atoms with Crippen LogP contribution in [0.3, 0.4) is 0 Å². The highest BCUT2D eigenvalue weighted by atomic mass is 31.2. The van der Waals surface area contributed by atoms with Gasteiger partial charge in [0.2, 0.25) is 13.6 Å². The molecule has 0 fully saturated rings. The Balaban J connectivity index is 1.56. The van der Waals surface area contributed by atoms with Crippen molar-refractivity contribution in [3.63, 3.8) is 0 Å². The Morgan fingerprint density at radius 2 is 0.630 bits per heavy atom. The van der Waals surface area contributed by atoms with Crippen LogP contribution >= 0.6 is 14.3 Å². The first-order chi connectivity index (χ1) is 25.7. The molecule has 54 heavy (non-hydrogen) atoms. The Morgan fingerprint density at radius 1 is 0.370 bits per heavy atom. The molecule has 6 aromatic carbocycles. The number of rotatable bonds is 7. The third kappa shape index (κ3) is 5.97. The Kier molecular flexibility index (Phi) is 8.91. The van der Waals surface area contributed by atoms with E-state index in [1.165, 1.54) is 0 Å². The molecule has 0 radical (unpaired) electrons. The fourth-order valence-corrected chi connectivity index (χ4v) is 14.7. The van der Waals surface area contributed by atoms with Crippen molar-refractivity contribution in [1.82, 2.24) is 0 Å². The fourth-order valence-electron chi connectivity index (χ4n) is 8.32. The minimum absolute atomic E-state index is 0.0171. The van der Waals surface area contributed by atoms with Crippen molar-refractivity contribution >= 4 is 46.1 Å². The molecule has 0 aromatic heterocycles. The fraction of sp³-hybridized carbons (Fsp3) is 0.217. The van der Waals surface area contributed by atoms with Gasteiger partial charge in [0.05, 0.1) is 0 Å². The number of hydrogen-bond donors (Lipinski definition) is 0. The van der Waals surface area contributed by atoms with Gasteiger partial charge in [-0.15, -0.1) is 0 Å². The first-order valence-electron chi connectivity index (χ1n) is 18.2. The van der Waals surface area contributed by atoms with Gasteiger partial charge in [0.25, 0.3) is 0 Å². The van der Waals surface area contributed by atoms with Gasteiger partial charge in [0.1, 0.15) is 0 Å². The Hall–Kier alpha value is -5.02.